The van der Waals surface area contributed by atoms with Crippen molar-refractivity contribution in [2.24, 2.45) is 0 Å². The zero-order valence-corrected chi connectivity index (χ0v) is 12.2. The molecular formula is C17H21N3. The van der Waals surface area contributed by atoms with Gasteiger partial charge in [-0.15, -0.1) is 0 Å². The largest absolute Gasteiger partial charge is 0.383 e. The van der Waals surface area contributed by atoms with E-state index in [-0.39, 0.29) is 0 Å². The Morgan fingerprint density at radius 3 is 2.55 bits per heavy atom. The Morgan fingerprint density at radius 1 is 0.950 bits per heavy atom. The van der Waals surface area contributed by atoms with E-state index in [1.165, 1.54) is 36.0 Å². The van der Waals surface area contributed by atoms with E-state index >= 15 is 0 Å². The zero-order valence-electron chi connectivity index (χ0n) is 12.2. The number of aromatic nitrogens is 2. The molecule has 3 rings (SSSR count). The van der Waals surface area contributed by atoms with Crippen molar-refractivity contribution in [2.45, 2.75) is 46.0 Å². The molecule has 1 aliphatic rings. The standard InChI is InChI=1S/C17H21N3/c1-11-8-9-13(10-12(11)2)17-19-15-7-5-3-4-6-14(15)16(18)20-17/h8-10H,3-7H2,1-2H3,(H2,18,19,20). The number of nitrogens with zero attached hydrogens (tertiary/aromatic N) is 2. The second-order valence-electron chi connectivity index (χ2n) is 5.72. The second kappa shape index (κ2) is 5.23. The minimum Gasteiger partial charge on any atom is -0.383 e. The van der Waals surface area contributed by atoms with Crippen LogP contribution in [0.1, 0.15) is 41.6 Å². The van der Waals surface area contributed by atoms with E-state index < -0.39 is 0 Å². The average Bonchev–Trinajstić information content (AvgIpc) is 2.67. The molecule has 104 valence electrons. The molecule has 0 aliphatic heterocycles. The summed E-state index contributed by atoms with van der Waals surface area (Å²) in [5.41, 5.74) is 12.1. The van der Waals surface area contributed by atoms with Crippen molar-refractivity contribution in [3.8, 4) is 11.4 Å². The highest BCUT2D eigenvalue weighted by atomic mass is 15.0. The SMILES string of the molecule is Cc1ccc(-c2nc(N)c3c(n2)CCCCC3)cc1C. The van der Waals surface area contributed by atoms with Crippen LogP contribution in [0.3, 0.4) is 0 Å². The maximum atomic E-state index is 6.17. The maximum absolute atomic E-state index is 6.17. The molecule has 0 saturated carbocycles. The van der Waals surface area contributed by atoms with Gasteiger partial charge in [0.2, 0.25) is 0 Å². The van der Waals surface area contributed by atoms with Crippen LogP contribution in [0, 0.1) is 13.8 Å². The summed E-state index contributed by atoms with van der Waals surface area (Å²) < 4.78 is 0. The highest BCUT2D eigenvalue weighted by Gasteiger charge is 2.15. The first kappa shape index (κ1) is 13.1. The van der Waals surface area contributed by atoms with Gasteiger partial charge in [0.05, 0.1) is 0 Å². The highest BCUT2D eigenvalue weighted by Crippen LogP contribution is 2.27. The number of nitrogens with two attached hydrogens (primary N) is 1. The molecule has 0 atom stereocenters. The Hall–Kier alpha value is -1.90. The van der Waals surface area contributed by atoms with Crippen molar-refractivity contribution >= 4 is 5.82 Å². The van der Waals surface area contributed by atoms with E-state index in [1.54, 1.807) is 0 Å². The number of hydrogen-bond donors (Lipinski definition) is 1. The predicted octanol–water partition coefficient (Wildman–Crippen LogP) is 3.61. The number of aryl methyl sites for hydroxylation is 3. The maximum Gasteiger partial charge on any atom is 0.161 e. The van der Waals surface area contributed by atoms with Gasteiger partial charge >= 0.3 is 0 Å². The first-order chi connectivity index (χ1) is 9.65. The lowest BCUT2D eigenvalue weighted by molar-refractivity contribution is 0.709. The molecule has 0 unspecified atom stereocenters. The van der Waals surface area contributed by atoms with Crippen LogP contribution in [0.2, 0.25) is 0 Å². The van der Waals surface area contributed by atoms with Crippen LogP contribution in [0.15, 0.2) is 18.2 Å². The lowest BCUT2D eigenvalue weighted by atomic mass is 10.0. The highest BCUT2D eigenvalue weighted by molar-refractivity contribution is 5.60. The van der Waals surface area contributed by atoms with E-state index in [1.807, 2.05) is 0 Å². The van der Waals surface area contributed by atoms with Gasteiger partial charge in [0, 0.05) is 16.8 Å². The van der Waals surface area contributed by atoms with Crippen LogP contribution >= 0.6 is 0 Å². The molecule has 1 aliphatic carbocycles. The summed E-state index contributed by atoms with van der Waals surface area (Å²) in [6.07, 6.45) is 5.71. The van der Waals surface area contributed by atoms with Crippen molar-refractivity contribution < 1.29 is 0 Å². The third kappa shape index (κ3) is 2.40. The van der Waals surface area contributed by atoms with Crippen LogP contribution in [0.5, 0.6) is 0 Å². The van der Waals surface area contributed by atoms with E-state index in [0.29, 0.717) is 5.82 Å². The molecule has 1 aromatic heterocycles. The number of nitrogen functional groups attached to an aromatic ring is 1. The molecule has 20 heavy (non-hydrogen) atoms. The summed E-state index contributed by atoms with van der Waals surface area (Å²) in [6, 6.07) is 6.35. The Morgan fingerprint density at radius 2 is 1.75 bits per heavy atom. The van der Waals surface area contributed by atoms with Crippen LogP contribution in [-0.4, -0.2) is 9.97 Å². The van der Waals surface area contributed by atoms with Crippen molar-refractivity contribution in [3.63, 3.8) is 0 Å². The summed E-state index contributed by atoms with van der Waals surface area (Å²) >= 11 is 0. The number of anilines is 1. The minimum absolute atomic E-state index is 0.671. The van der Waals surface area contributed by atoms with Crippen LogP contribution in [0.4, 0.5) is 5.82 Å². The van der Waals surface area contributed by atoms with Gasteiger partial charge in [0.15, 0.2) is 5.82 Å². The first-order valence-corrected chi connectivity index (χ1v) is 7.38. The van der Waals surface area contributed by atoms with E-state index in [4.69, 9.17) is 10.7 Å². The number of fused-ring (bicyclic) bond motifs is 1. The van der Waals surface area contributed by atoms with E-state index in [9.17, 15) is 0 Å². The zero-order chi connectivity index (χ0) is 14.1. The molecule has 1 aromatic carbocycles. The quantitative estimate of drug-likeness (QED) is 0.803. The molecule has 3 nitrogen and oxygen atoms in total. The summed E-state index contributed by atoms with van der Waals surface area (Å²) in [4.78, 5) is 9.32. The molecule has 2 aromatic rings. The van der Waals surface area contributed by atoms with Gasteiger partial charge in [-0.1, -0.05) is 18.6 Å². The fraction of sp³-hybridized carbons (Fsp3) is 0.412. The normalized spacial score (nSPS) is 14.7. The summed E-state index contributed by atoms with van der Waals surface area (Å²) in [7, 11) is 0. The van der Waals surface area contributed by atoms with E-state index in [0.717, 1.165) is 29.9 Å². The molecule has 1 heterocycles. The van der Waals surface area contributed by atoms with Gasteiger partial charge < -0.3 is 5.73 Å². The Balaban J connectivity index is 2.08. The van der Waals surface area contributed by atoms with Gasteiger partial charge in [-0.2, -0.15) is 0 Å². The molecule has 0 amide bonds. The molecule has 0 bridgehead atoms. The number of benzene rings is 1. The molecule has 0 fully saturated rings. The average molecular weight is 267 g/mol. The van der Waals surface area contributed by atoms with Crippen LogP contribution < -0.4 is 5.73 Å². The molecular weight excluding hydrogens is 246 g/mol. The molecule has 0 radical (unpaired) electrons. The minimum atomic E-state index is 0.671. The fourth-order valence-corrected chi connectivity index (χ4v) is 2.81. The summed E-state index contributed by atoms with van der Waals surface area (Å²) in [6.45, 7) is 4.23. The molecule has 2 N–H and O–H groups in total. The summed E-state index contributed by atoms with van der Waals surface area (Å²) in [5.74, 6) is 1.44. The first-order valence-electron chi connectivity index (χ1n) is 7.38. The van der Waals surface area contributed by atoms with Crippen molar-refractivity contribution in [1.29, 1.82) is 0 Å². The molecule has 0 spiro atoms. The fourth-order valence-electron chi connectivity index (χ4n) is 2.81. The van der Waals surface area contributed by atoms with Gasteiger partial charge in [-0.05, 0) is 56.7 Å². The lowest BCUT2D eigenvalue weighted by Crippen LogP contribution is -2.06. The Labute approximate surface area is 120 Å². The molecule has 0 saturated heterocycles. The van der Waals surface area contributed by atoms with Gasteiger partial charge in [0.1, 0.15) is 5.82 Å². The van der Waals surface area contributed by atoms with Gasteiger partial charge in [-0.25, -0.2) is 9.97 Å². The van der Waals surface area contributed by atoms with Crippen LogP contribution in [-0.2, 0) is 12.8 Å². The number of hydrogen-bond acceptors (Lipinski definition) is 3. The van der Waals surface area contributed by atoms with Gasteiger partial charge in [0.25, 0.3) is 0 Å². The monoisotopic (exact) mass is 267 g/mol. The lowest BCUT2D eigenvalue weighted by Gasteiger charge is -2.11. The van der Waals surface area contributed by atoms with Crippen molar-refractivity contribution in [2.75, 3.05) is 5.73 Å². The smallest absolute Gasteiger partial charge is 0.161 e. The topological polar surface area (TPSA) is 51.8 Å². The second-order valence-corrected chi connectivity index (χ2v) is 5.72. The summed E-state index contributed by atoms with van der Waals surface area (Å²) in [5, 5.41) is 0. The molecule has 3 heteroatoms. The van der Waals surface area contributed by atoms with Crippen LogP contribution in [0.25, 0.3) is 11.4 Å². The van der Waals surface area contributed by atoms with Gasteiger partial charge in [-0.3, -0.25) is 0 Å². The number of rotatable bonds is 1. The Bertz CT molecular complexity index is 647. The van der Waals surface area contributed by atoms with Crippen molar-refractivity contribution in [3.05, 3.63) is 40.6 Å². The third-order valence-electron chi connectivity index (χ3n) is 4.23. The third-order valence-corrected chi connectivity index (χ3v) is 4.23. The Kier molecular flexibility index (Phi) is 3.43. The predicted molar refractivity (Wildman–Crippen MR) is 82.6 cm³/mol. The van der Waals surface area contributed by atoms with E-state index in [2.05, 4.69) is 37.0 Å². The van der Waals surface area contributed by atoms with Crippen molar-refractivity contribution in [1.82, 2.24) is 9.97 Å².